The van der Waals surface area contributed by atoms with Crippen molar-refractivity contribution >= 4 is 11.8 Å². The summed E-state index contributed by atoms with van der Waals surface area (Å²) in [6.07, 6.45) is -4.24. The zero-order valence-corrected chi connectivity index (χ0v) is 9.37. The molecular formula is C11H12F3NS. The number of nitrogens with one attached hydrogen (secondary N) is 1. The lowest BCUT2D eigenvalue weighted by atomic mass is 10.1. The van der Waals surface area contributed by atoms with Gasteiger partial charge in [-0.1, -0.05) is 12.1 Å². The number of rotatable bonds is 1. The number of hydrogen-bond acceptors (Lipinski definition) is 2. The highest BCUT2D eigenvalue weighted by molar-refractivity contribution is 7.99. The molecule has 0 amide bonds. The van der Waals surface area contributed by atoms with E-state index >= 15 is 0 Å². The number of hydrogen-bond donors (Lipinski definition) is 1. The summed E-state index contributed by atoms with van der Waals surface area (Å²) in [6.45, 7) is 1.80. The average Bonchev–Trinajstić information content (AvgIpc) is 2.29. The van der Waals surface area contributed by atoms with Crippen molar-refractivity contribution in [1.82, 2.24) is 5.32 Å². The van der Waals surface area contributed by atoms with Gasteiger partial charge < -0.3 is 5.32 Å². The van der Waals surface area contributed by atoms with Crippen LogP contribution in [0.2, 0.25) is 0 Å². The molecule has 1 aliphatic rings. The van der Waals surface area contributed by atoms with Crippen molar-refractivity contribution in [1.29, 1.82) is 0 Å². The minimum atomic E-state index is -4.24. The van der Waals surface area contributed by atoms with Crippen molar-refractivity contribution < 1.29 is 13.2 Å². The summed E-state index contributed by atoms with van der Waals surface area (Å²) >= 11 is 1.79. The Hall–Kier alpha value is -0.680. The second-order valence-electron chi connectivity index (χ2n) is 3.68. The molecule has 1 nitrogen and oxygen atoms in total. The van der Waals surface area contributed by atoms with Crippen molar-refractivity contribution in [2.24, 2.45) is 0 Å². The first kappa shape index (κ1) is 11.8. The molecule has 5 heteroatoms. The topological polar surface area (TPSA) is 12.0 Å². The summed E-state index contributed by atoms with van der Waals surface area (Å²) < 4.78 is 37.0. The van der Waals surface area contributed by atoms with Gasteiger partial charge in [0.1, 0.15) is 0 Å². The van der Waals surface area contributed by atoms with Gasteiger partial charge in [0, 0.05) is 24.1 Å². The van der Waals surface area contributed by atoms with E-state index in [9.17, 15) is 13.2 Å². The summed E-state index contributed by atoms with van der Waals surface area (Å²) in [5, 5.41) is 3.51. The first-order valence-corrected chi connectivity index (χ1v) is 6.12. The molecule has 0 radical (unpaired) electrons. The van der Waals surface area contributed by atoms with E-state index in [2.05, 4.69) is 5.32 Å². The zero-order chi connectivity index (χ0) is 11.6. The minimum absolute atomic E-state index is 0.274. The molecule has 0 aromatic heterocycles. The quantitative estimate of drug-likeness (QED) is 0.818. The van der Waals surface area contributed by atoms with Crippen molar-refractivity contribution in [2.45, 2.75) is 11.4 Å². The minimum Gasteiger partial charge on any atom is -0.314 e. The number of halogens is 3. The Morgan fingerprint density at radius 1 is 1.19 bits per heavy atom. The molecule has 1 saturated heterocycles. The van der Waals surface area contributed by atoms with Crippen LogP contribution in [-0.2, 0) is 6.18 Å². The maximum absolute atomic E-state index is 12.3. The van der Waals surface area contributed by atoms with E-state index in [0.717, 1.165) is 36.5 Å². The van der Waals surface area contributed by atoms with Crippen LogP contribution in [0.5, 0.6) is 0 Å². The van der Waals surface area contributed by atoms with Crippen molar-refractivity contribution in [3.63, 3.8) is 0 Å². The van der Waals surface area contributed by atoms with E-state index in [1.54, 1.807) is 23.9 Å². The van der Waals surface area contributed by atoms with Crippen molar-refractivity contribution in [3.05, 3.63) is 35.4 Å². The van der Waals surface area contributed by atoms with E-state index in [-0.39, 0.29) is 5.25 Å². The second kappa shape index (κ2) is 4.67. The van der Waals surface area contributed by atoms with Crippen LogP contribution < -0.4 is 5.32 Å². The lowest BCUT2D eigenvalue weighted by Crippen LogP contribution is -2.28. The highest BCUT2D eigenvalue weighted by Crippen LogP contribution is 2.33. The molecule has 1 aromatic carbocycles. The fraction of sp³-hybridized carbons (Fsp3) is 0.455. The van der Waals surface area contributed by atoms with Crippen molar-refractivity contribution in [2.75, 3.05) is 18.8 Å². The van der Waals surface area contributed by atoms with E-state index in [1.807, 2.05) is 0 Å². The molecule has 1 N–H and O–H groups in total. The second-order valence-corrected chi connectivity index (χ2v) is 4.99. The molecule has 0 spiro atoms. The molecule has 2 rings (SSSR count). The summed E-state index contributed by atoms with van der Waals surface area (Å²) in [4.78, 5) is 0. The van der Waals surface area contributed by atoms with Gasteiger partial charge in [-0.15, -0.1) is 0 Å². The Morgan fingerprint density at radius 2 is 1.88 bits per heavy atom. The van der Waals surface area contributed by atoms with Crippen LogP contribution in [-0.4, -0.2) is 18.8 Å². The lowest BCUT2D eigenvalue weighted by molar-refractivity contribution is -0.137. The van der Waals surface area contributed by atoms with Gasteiger partial charge in [0.25, 0.3) is 0 Å². The summed E-state index contributed by atoms with van der Waals surface area (Å²) in [6, 6.07) is 5.47. The predicted molar refractivity (Wildman–Crippen MR) is 59.5 cm³/mol. The molecule has 0 unspecified atom stereocenters. The molecule has 1 aliphatic heterocycles. The monoisotopic (exact) mass is 247 g/mol. The van der Waals surface area contributed by atoms with E-state index in [4.69, 9.17) is 0 Å². The Balaban J connectivity index is 2.12. The van der Waals surface area contributed by atoms with Crippen LogP contribution in [0.1, 0.15) is 16.4 Å². The fourth-order valence-electron chi connectivity index (χ4n) is 1.67. The Labute approximate surface area is 96.4 Å². The summed E-state index contributed by atoms with van der Waals surface area (Å²) in [7, 11) is 0. The Bertz CT molecular complexity index is 341. The van der Waals surface area contributed by atoms with Gasteiger partial charge in [-0.3, -0.25) is 0 Å². The number of thioether (sulfide) groups is 1. The van der Waals surface area contributed by atoms with Crippen LogP contribution >= 0.6 is 11.8 Å². The van der Waals surface area contributed by atoms with E-state index in [1.165, 1.54) is 0 Å². The van der Waals surface area contributed by atoms with Gasteiger partial charge in [0.05, 0.1) is 5.56 Å². The summed E-state index contributed by atoms with van der Waals surface area (Å²) in [5.41, 5.74) is 0.384. The largest absolute Gasteiger partial charge is 0.416 e. The molecule has 88 valence electrons. The third-order valence-corrected chi connectivity index (χ3v) is 3.82. The molecule has 0 bridgehead atoms. The highest BCUT2D eigenvalue weighted by Gasteiger charge is 2.30. The maximum atomic E-state index is 12.3. The Kier molecular flexibility index (Phi) is 3.44. The number of benzene rings is 1. The first-order chi connectivity index (χ1) is 7.57. The normalized spacial score (nSPS) is 22.1. The average molecular weight is 247 g/mol. The molecule has 1 atom stereocenters. The van der Waals surface area contributed by atoms with Crippen LogP contribution in [0.3, 0.4) is 0 Å². The third-order valence-electron chi connectivity index (χ3n) is 2.54. The van der Waals surface area contributed by atoms with Crippen LogP contribution in [0.4, 0.5) is 13.2 Å². The highest BCUT2D eigenvalue weighted by atomic mass is 32.2. The van der Waals surface area contributed by atoms with Crippen molar-refractivity contribution in [3.8, 4) is 0 Å². The van der Waals surface area contributed by atoms with Crippen LogP contribution in [0.25, 0.3) is 0 Å². The molecular weight excluding hydrogens is 235 g/mol. The molecule has 1 heterocycles. The standard InChI is InChI=1S/C11H12F3NS/c12-11(13,14)9-3-1-8(2-4-9)10-7-15-5-6-16-10/h1-4,10,15H,5-7H2/t10-/m1/s1. The zero-order valence-electron chi connectivity index (χ0n) is 8.55. The van der Waals surface area contributed by atoms with Gasteiger partial charge >= 0.3 is 6.18 Å². The predicted octanol–water partition coefficient (Wildman–Crippen LogP) is 3.08. The van der Waals surface area contributed by atoms with E-state index in [0.29, 0.717) is 0 Å². The van der Waals surface area contributed by atoms with Gasteiger partial charge in [-0.05, 0) is 17.7 Å². The van der Waals surface area contributed by atoms with Gasteiger partial charge in [-0.25, -0.2) is 0 Å². The van der Waals surface area contributed by atoms with Gasteiger partial charge in [0.2, 0.25) is 0 Å². The summed E-state index contributed by atoms with van der Waals surface area (Å²) in [5.74, 6) is 1.01. The molecule has 1 fully saturated rings. The molecule has 0 saturated carbocycles. The third kappa shape index (κ3) is 2.71. The van der Waals surface area contributed by atoms with Gasteiger partial charge in [-0.2, -0.15) is 24.9 Å². The molecule has 16 heavy (non-hydrogen) atoms. The van der Waals surface area contributed by atoms with E-state index < -0.39 is 11.7 Å². The first-order valence-electron chi connectivity index (χ1n) is 5.07. The smallest absolute Gasteiger partial charge is 0.314 e. The molecule has 0 aliphatic carbocycles. The lowest BCUT2D eigenvalue weighted by Gasteiger charge is -2.23. The fourth-order valence-corrected chi connectivity index (χ4v) is 2.80. The Morgan fingerprint density at radius 3 is 2.38 bits per heavy atom. The van der Waals surface area contributed by atoms with Crippen LogP contribution in [0, 0.1) is 0 Å². The maximum Gasteiger partial charge on any atom is 0.416 e. The number of alkyl halides is 3. The SMILES string of the molecule is FC(F)(F)c1ccc([C@H]2CNCCS2)cc1. The van der Waals surface area contributed by atoms with Crippen LogP contribution in [0.15, 0.2) is 24.3 Å². The van der Waals surface area contributed by atoms with Gasteiger partial charge in [0.15, 0.2) is 0 Å². The molecule has 1 aromatic rings.